The van der Waals surface area contributed by atoms with Gasteiger partial charge >= 0.3 is 0 Å². The molecule has 0 saturated heterocycles. The molecular weight excluding hydrogens is 180 g/mol. The Morgan fingerprint density at radius 3 is 2.67 bits per heavy atom. The van der Waals surface area contributed by atoms with Crippen LogP contribution in [0.25, 0.3) is 11.1 Å². The average Bonchev–Trinajstić information content (AvgIpc) is 2.28. The van der Waals surface area contributed by atoms with Crippen molar-refractivity contribution < 1.29 is 0 Å². The van der Waals surface area contributed by atoms with E-state index in [4.69, 9.17) is 0 Å². The molecule has 0 spiro atoms. The molecule has 3 rings (SSSR count). The zero-order valence-electron chi connectivity index (χ0n) is 8.83. The van der Waals surface area contributed by atoms with Crippen molar-refractivity contribution in [2.24, 2.45) is 0 Å². The van der Waals surface area contributed by atoms with Crippen LogP contribution in [0.1, 0.15) is 24.0 Å². The number of hydrogen-bond acceptors (Lipinski definition) is 0. The molecule has 0 nitrogen and oxygen atoms in total. The molecule has 2 aromatic carbocycles. The molecule has 0 saturated carbocycles. The molecule has 1 atom stereocenters. The van der Waals surface area contributed by atoms with Crippen LogP contribution in [0.2, 0.25) is 0 Å². The average molecular weight is 193 g/mol. The maximum absolute atomic E-state index is 3.33. The van der Waals surface area contributed by atoms with E-state index in [1.165, 1.54) is 28.7 Å². The zero-order chi connectivity index (χ0) is 10.3. The third-order valence-electron chi connectivity index (χ3n) is 3.21. The van der Waals surface area contributed by atoms with Gasteiger partial charge in [-0.05, 0) is 40.7 Å². The molecule has 2 aromatic rings. The molecule has 0 bridgehead atoms. The van der Waals surface area contributed by atoms with Gasteiger partial charge in [0.25, 0.3) is 0 Å². The molecular formula is C15H13. The van der Waals surface area contributed by atoms with E-state index in [0.717, 1.165) is 0 Å². The molecule has 0 aliphatic heterocycles. The summed E-state index contributed by atoms with van der Waals surface area (Å²) in [5, 5.41) is 0. The first-order valence-electron chi connectivity index (χ1n) is 5.45. The Hall–Kier alpha value is -1.56. The predicted octanol–water partition coefficient (Wildman–Crippen LogP) is 3.81. The summed E-state index contributed by atoms with van der Waals surface area (Å²) in [5.74, 6) is 0.702. The van der Waals surface area contributed by atoms with E-state index in [-0.39, 0.29) is 0 Å². The highest BCUT2D eigenvalue weighted by Gasteiger charge is 2.25. The Morgan fingerprint density at radius 1 is 1.13 bits per heavy atom. The molecule has 0 N–H and O–H groups in total. The third-order valence-corrected chi connectivity index (χ3v) is 3.21. The molecule has 73 valence electrons. The van der Waals surface area contributed by atoms with E-state index in [9.17, 15) is 0 Å². The minimum absolute atomic E-state index is 0.702. The molecule has 1 radical (unpaired) electrons. The third kappa shape index (κ3) is 1.29. The van der Waals surface area contributed by atoms with Crippen molar-refractivity contribution in [3.8, 4) is 11.1 Å². The fourth-order valence-corrected chi connectivity index (χ4v) is 2.43. The lowest BCUT2D eigenvalue weighted by Gasteiger charge is -2.29. The lowest BCUT2D eigenvalue weighted by Crippen LogP contribution is -2.15. The maximum Gasteiger partial charge on any atom is -0.0140 e. The van der Waals surface area contributed by atoms with Crippen LogP contribution in [0.15, 0.2) is 42.5 Å². The van der Waals surface area contributed by atoms with E-state index < -0.39 is 0 Å². The van der Waals surface area contributed by atoms with Gasteiger partial charge in [0.1, 0.15) is 0 Å². The molecule has 0 fully saturated rings. The first-order valence-corrected chi connectivity index (χ1v) is 5.45. The molecule has 15 heavy (non-hydrogen) atoms. The molecule has 1 aliphatic carbocycles. The van der Waals surface area contributed by atoms with E-state index >= 15 is 0 Å². The van der Waals surface area contributed by atoms with Gasteiger partial charge < -0.3 is 0 Å². The largest absolute Gasteiger partial charge is 0.0622 e. The van der Waals surface area contributed by atoms with Gasteiger partial charge in [-0.25, -0.2) is 0 Å². The summed E-state index contributed by atoms with van der Waals surface area (Å²) in [4.78, 5) is 0. The molecule has 0 aromatic heterocycles. The predicted molar refractivity (Wildman–Crippen MR) is 62.8 cm³/mol. The fraction of sp³-hybridized carbons (Fsp3) is 0.200. The number of rotatable bonds is 1. The Bertz CT molecular complexity index is 483. The summed E-state index contributed by atoms with van der Waals surface area (Å²) in [5.41, 5.74) is 5.63. The Balaban J connectivity index is 2.18. The molecule has 0 heteroatoms. The summed E-state index contributed by atoms with van der Waals surface area (Å²) in [6.07, 6.45) is 1.19. The molecule has 1 unspecified atom stereocenters. The molecule has 0 amide bonds. The number of benzene rings is 2. The first-order chi connectivity index (χ1) is 7.36. The van der Waals surface area contributed by atoms with E-state index in [1.54, 1.807) is 0 Å². The second-order valence-electron chi connectivity index (χ2n) is 4.25. The van der Waals surface area contributed by atoms with Gasteiger partial charge in [-0.15, -0.1) is 0 Å². The van der Waals surface area contributed by atoms with Gasteiger partial charge in [0.2, 0.25) is 0 Å². The van der Waals surface area contributed by atoms with Crippen molar-refractivity contribution >= 4 is 0 Å². The summed E-state index contributed by atoms with van der Waals surface area (Å²) >= 11 is 0. The maximum atomic E-state index is 3.33. The Morgan fingerprint density at radius 2 is 1.93 bits per heavy atom. The highest BCUT2D eigenvalue weighted by Crippen LogP contribution is 2.41. The zero-order valence-corrected chi connectivity index (χ0v) is 8.83. The van der Waals surface area contributed by atoms with Gasteiger partial charge in [-0.1, -0.05) is 49.4 Å². The van der Waals surface area contributed by atoms with Crippen LogP contribution < -0.4 is 0 Å². The van der Waals surface area contributed by atoms with E-state index in [1.807, 2.05) is 6.07 Å². The summed E-state index contributed by atoms with van der Waals surface area (Å²) in [6, 6.07) is 18.2. The topological polar surface area (TPSA) is 0 Å². The molecule has 1 aliphatic rings. The quantitative estimate of drug-likeness (QED) is 0.646. The van der Waals surface area contributed by atoms with Crippen molar-refractivity contribution in [3.05, 3.63) is 59.7 Å². The van der Waals surface area contributed by atoms with Gasteiger partial charge in [-0.2, -0.15) is 0 Å². The van der Waals surface area contributed by atoms with Gasteiger partial charge in [0, 0.05) is 0 Å². The lowest BCUT2D eigenvalue weighted by molar-refractivity contribution is 0.668. The van der Waals surface area contributed by atoms with Crippen LogP contribution in [-0.4, -0.2) is 0 Å². The molecule has 0 heterocycles. The second kappa shape index (κ2) is 3.23. The van der Waals surface area contributed by atoms with E-state index in [0.29, 0.717) is 5.92 Å². The van der Waals surface area contributed by atoms with Gasteiger partial charge in [0.15, 0.2) is 0 Å². The van der Waals surface area contributed by atoms with Crippen LogP contribution in [0.4, 0.5) is 0 Å². The SMILES string of the molecule is CC1Cc2[c]ccc(-c3ccccc3)c21. The van der Waals surface area contributed by atoms with E-state index in [2.05, 4.69) is 49.4 Å². The minimum Gasteiger partial charge on any atom is -0.0622 e. The smallest absolute Gasteiger partial charge is 0.0140 e. The van der Waals surface area contributed by atoms with Crippen LogP contribution >= 0.6 is 0 Å². The Labute approximate surface area is 90.6 Å². The second-order valence-corrected chi connectivity index (χ2v) is 4.25. The van der Waals surface area contributed by atoms with Crippen molar-refractivity contribution in [3.63, 3.8) is 0 Å². The van der Waals surface area contributed by atoms with Crippen LogP contribution in [0.5, 0.6) is 0 Å². The van der Waals surface area contributed by atoms with Crippen LogP contribution in [0, 0.1) is 6.07 Å². The van der Waals surface area contributed by atoms with Gasteiger partial charge in [0.05, 0.1) is 0 Å². The normalized spacial score (nSPS) is 18.1. The number of fused-ring (bicyclic) bond motifs is 1. The van der Waals surface area contributed by atoms with Crippen molar-refractivity contribution in [2.45, 2.75) is 19.3 Å². The first kappa shape index (κ1) is 8.72. The summed E-state index contributed by atoms with van der Waals surface area (Å²) in [7, 11) is 0. The minimum atomic E-state index is 0.702. The number of hydrogen-bond donors (Lipinski definition) is 0. The standard InChI is InChI=1S/C15H13/c1-11-10-13-8-5-9-14(15(11)13)12-6-3-2-4-7-12/h2-7,9,11H,10H2,1H3. The summed E-state index contributed by atoms with van der Waals surface area (Å²) in [6.45, 7) is 2.29. The lowest BCUT2D eigenvalue weighted by atomic mass is 9.75. The van der Waals surface area contributed by atoms with Crippen LogP contribution in [-0.2, 0) is 6.42 Å². The van der Waals surface area contributed by atoms with Crippen molar-refractivity contribution in [1.82, 2.24) is 0 Å². The monoisotopic (exact) mass is 193 g/mol. The van der Waals surface area contributed by atoms with Crippen LogP contribution in [0.3, 0.4) is 0 Å². The highest BCUT2D eigenvalue weighted by molar-refractivity contribution is 5.71. The van der Waals surface area contributed by atoms with Gasteiger partial charge in [-0.3, -0.25) is 0 Å². The highest BCUT2D eigenvalue weighted by atomic mass is 14.3. The Kier molecular flexibility index (Phi) is 1.88. The summed E-state index contributed by atoms with van der Waals surface area (Å²) < 4.78 is 0. The van der Waals surface area contributed by atoms with Crippen molar-refractivity contribution in [2.75, 3.05) is 0 Å². The fourth-order valence-electron chi connectivity index (χ4n) is 2.43. The van der Waals surface area contributed by atoms with Crippen molar-refractivity contribution in [1.29, 1.82) is 0 Å².